The zero-order valence-corrected chi connectivity index (χ0v) is 9.21. The molecule has 78 valence electrons. The summed E-state index contributed by atoms with van der Waals surface area (Å²) in [6.45, 7) is 2.64. The second-order valence-electron chi connectivity index (χ2n) is 3.19. The summed E-state index contributed by atoms with van der Waals surface area (Å²) < 4.78 is 0. The van der Waals surface area contributed by atoms with Crippen LogP contribution in [-0.2, 0) is 6.54 Å². The molecule has 0 spiro atoms. The molecule has 0 bridgehead atoms. The molecule has 0 saturated carbocycles. The van der Waals surface area contributed by atoms with Crippen LogP contribution in [0.2, 0.25) is 0 Å². The number of hydrogen-bond acceptors (Lipinski definition) is 4. The topological polar surface area (TPSA) is 67.6 Å². The van der Waals surface area contributed by atoms with Gasteiger partial charge in [-0.1, -0.05) is 17.8 Å². The molecule has 0 saturated heterocycles. The van der Waals surface area contributed by atoms with E-state index in [2.05, 4.69) is 28.2 Å². The highest BCUT2D eigenvalue weighted by molar-refractivity contribution is 7.99. The molecule has 0 atom stereocenters. The molecule has 1 aromatic heterocycles. The second kappa shape index (κ2) is 4.46. The van der Waals surface area contributed by atoms with E-state index in [0.29, 0.717) is 6.54 Å². The first-order valence-corrected chi connectivity index (χ1v) is 5.44. The minimum absolute atomic E-state index is 0.582. The molecule has 3 N–H and O–H groups in total. The average molecular weight is 220 g/mol. The van der Waals surface area contributed by atoms with Gasteiger partial charge in [0.1, 0.15) is 6.33 Å². The highest BCUT2D eigenvalue weighted by Crippen LogP contribution is 2.25. The van der Waals surface area contributed by atoms with Crippen LogP contribution >= 0.6 is 11.8 Å². The molecule has 0 unspecified atom stereocenters. The van der Waals surface area contributed by atoms with Crippen molar-refractivity contribution in [3.05, 3.63) is 35.7 Å². The summed E-state index contributed by atoms with van der Waals surface area (Å²) in [6.07, 6.45) is 1.50. The van der Waals surface area contributed by atoms with Crippen molar-refractivity contribution in [3.8, 4) is 0 Å². The minimum atomic E-state index is 0.582. The average Bonchev–Trinajstić information content (AvgIpc) is 2.71. The van der Waals surface area contributed by atoms with Crippen LogP contribution in [0.4, 0.5) is 0 Å². The summed E-state index contributed by atoms with van der Waals surface area (Å²) in [7, 11) is 0. The van der Waals surface area contributed by atoms with Gasteiger partial charge in [0.05, 0.1) is 0 Å². The van der Waals surface area contributed by atoms with Crippen LogP contribution in [0.1, 0.15) is 11.1 Å². The van der Waals surface area contributed by atoms with Crippen molar-refractivity contribution in [3.63, 3.8) is 0 Å². The summed E-state index contributed by atoms with van der Waals surface area (Å²) in [4.78, 5) is 5.20. The summed E-state index contributed by atoms with van der Waals surface area (Å²) >= 11 is 1.56. The van der Waals surface area contributed by atoms with Gasteiger partial charge in [0.25, 0.3) is 0 Å². The number of benzene rings is 1. The lowest BCUT2D eigenvalue weighted by Gasteiger charge is -2.04. The summed E-state index contributed by atoms with van der Waals surface area (Å²) in [5, 5.41) is 7.41. The third-order valence-electron chi connectivity index (χ3n) is 2.14. The molecular weight excluding hydrogens is 208 g/mol. The predicted molar refractivity (Wildman–Crippen MR) is 59.6 cm³/mol. The molecule has 2 rings (SSSR count). The zero-order valence-electron chi connectivity index (χ0n) is 8.40. The first-order chi connectivity index (χ1) is 7.29. The van der Waals surface area contributed by atoms with Gasteiger partial charge in [-0.3, -0.25) is 5.10 Å². The van der Waals surface area contributed by atoms with Gasteiger partial charge in [0.2, 0.25) is 0 Å². The Balaban J connectivity index is 2.20. The van der Waals surface area contributed by atoms with Crippen LogP contribution in [0.15, 0.2) is 34.6 Å². The Labute approximate surface area is 92.3 Å². The molecule has 0 radical (unpaired) electrons. The number of nitrogens with two attached hydrogens (primary N) is 1. The Bertz CT molecular complexity index is 439. The maximum atomic E-state index is 5.60. The smallest absolute Gasteiger partial charge is 0.188 e. The molecule has 0 aliphatic heterocycles. The molecule has 0 fully saturated rings. The van der Waals surface area contributed by atoms with Crippen molar-refractivity contribution in [2.45, 2.75) is 23.5 Å². The first kappa shape index (κ1) is 10.2. The molecule has 0 aliphatic carbocycles. The molecule has 1 heterocycles. The fourth-order valence-corrected chi connectivity index (χ4v) is 2.11. The van der Waals surface area contributed by atoms with Crippen LogP contribution < -0.4 is 5.73 Å². The Kier molecular flexibility index (Phi) is 3.03. The molecular formula is C10H12N4S. The van der Waals surface area contributed by atoms with Gasteiger partial charge < -0.3 is 5.73 Å². The molecule has 1 aromatic carbocycles. The third kappa shape index (κ3) is 2.37. The van der Waals surface area contributed by atoms with Gasteiger partial charge in [0, 0.05) is 11.4 Å². The van der Waals surface area contributed by atoms with Crippen LogP contribution in [-0.4, -0.2) is 15.2 Å². The SMILES string of the molecule is Cc1cc(Sc2ncn[nH]2)ccc1CN. The van der Waals surface area contributed by atoms with E-state index in [4.69, 9.17) is 5.73 Å². The van der Waals surface area contributed by atoms with Gasteiger partial charge in [-0.05, 0) is 30.2 Å². The van der Waals surface area contributed by atoms with Crippen LogP contribution in [0.3, 0.4) is 0 Å². The third-order valence-corrected chi connectivity index (χ3v) is 3.02. The molecule has 5 heteroatoms. The van der Waals surface area contributed by atoms with Crippen molar-refractivity contribution in [2.24, 2.45) is 5.73 Å². The molecule has 15 heavy (non-hydrogen) atoms. The maximum Gasteiger partial charge on any atom is 0.188 e. The number of aryl methyl sites for hydroxylation is 1. The van der Waals surface area contributed by atoms with E-state index < -0.39 is 0 Å². The number of H-pyrrole nitrogens is 1. The summed E-state index contributed by atoms with van der Waals surface area (Å²) in [6, 6.07) is 6.20. The Morgan fingerprint density at radius 2 is 2.33 bits per heavy atom. The largest absolute Gasteiger partial charge is 0.326 e. The number of nitrogens with one attached hydrogen (secondary N) is 1. The molecule has 2 aromatic rings. The second-order valence-corrected chi connectivity index (χ2v) is 4.25. The number of aromatic amines is 1. The normalized spacial score (nSPS) is 10.5. The standard InChI is InChI=1S/C10H12N4S/c1-7-4-9(3-2-8(7)5-11)15-10-12-6-13-14-10/h2-4,6H,5,11H2,1H3,(H,12,13,14). The Hall–Kier alpha value is -1.33. The van der Waals surface area contributed by atoms with Gasteiger partial charge in [-0.15, -0.1) is 0 Å². The lowest BCUT2D eigenvalue weighted by Crippen LogP contribution is -1.98. The zero-order chi connectivity index (χ0) is 10.7. The van der Waals surface area contributed by atoms with Crippen molar-refractivity contribution >= 4 is 11.8 Å². The first-order valence-electron chi connectivity index (χ1n) is 4.62. The van der Waals surface area contributed by atoms with Crippen LogP contribution in [0, 0.1) is 6.92 Å². The molecule has 0 aliphatic rings. The van der Waals surface area contributed by atoms with Crippen LogP contribution in [0.25, 0.3) is 0 Å². The number of aromatic nitrogens is 3. The predicted octanol–water partition coefficient (Wildman–Crippen LogP) is 1.72. The van der Waals surface area contributed by atoms with Crippen molar-refractivity contribution in [1.29, 1.82) is 0 Å². The molecule has 0 amide bonds. The van der Waals surface area contributed by atoms with E-state index in [1.54, 1.807) is 11.8 Å². The quantitative estimate of drug-likeness (QED) is 0.826. The van der Waals surface area contributed by atoms with Crippen molar-refractivity contribution in [1.82, 2.24) is 15.2 Å². The lowest BCUT2D eigenvalue weighted by atomic mass is 10.1. The maximum absolute atomic E-state index is 5.60. The van der Waals surface area contributed by atoms with E-state index in [1.807, 2.05) is 12.1 Å². The fourth-order valence-electron chi connectivity index (χ4n) is 1.32. The van der Waals surface area contributed by atoms with Crippen molar-refractivity contribution in [2.75, 3.05) is 0 Å². The Morgan fingerprint density at radius 3 is 2.93 bits per heavy atom. The van der Waals surface area contributed by atoms with Crippen molar-refractivity contribution < 1.29 is 0 Å². The Morgan fingerprint density at radius 1 is 1.47 bits per heavy atom. The summed E-state index contributed by atoms with van der Waals surface area (Å²) in [5.41, 5.74) is 7.99. The lowest BCUT2D eigenvalue weighted by molar-refractivity contribution is 0.972. The highest BCUT2D eigenvalue weighted by atomic mass is 32.2. The number of hydrogen-bond donors (Lipinski definition) is 2. The van der Waals surface area contributed by atoms with E-state index in [1.165, 1.54) is 17.5 Å². The summed E-state index contributed by atoms with van der Waals surface area (Å²) in [5.74, 6) is 0. The van der Waals surface area contributed by atoms with Gasteiger partial charge in [0.15, 0.2) is 5.16 Å². The van der Waals surface area contributed by atoms with Gasteiger partial charge in [-0.2, -0.15) is 5.10 Å². The van der Waals surface area contributed by atoms with E-state index in [9.17, 15) is 0 Å². The number of rotatable bonds is 3. The minimum Gasteiger partial charge on any atom is -0.326 e. The number of nitrogens with zero attached hydrogens (tertiary/aromatic N) is 2. The van der Waals surface area contributed by atoms with E-state index in [0.717, 1.165) is 10.1 Å². The van der Waals surface area contributed by atoms with Crippen LogP contribution in [0.5, 0.6) is 0 Å². The van der Waals surface area contributed by atoms with Gasteiger partial charge in [-0.25, -0.2) is 4.98 Å². The van der Waals surface area contributed by atoms with E-state index in [-0.39, 0.29) is 0 Å². The van der Waals surface area contributed by atoms with Gasteiger partial charge >= 0.3 is 0 Å². The monoisotopic (exact) mass is 220 g/mol. The highest BCUT2D eigenvalue weighted by Gasteiger charge is 2.02. The molecule has 4 nitrogen and oxygen atoms in total. The van der Waals surface area contributed by atoms with E-state index >= 15 is 0 Å². The fraction of sp³-hybridized carbons (Fsp3) is 0.200.